The van der Waals surface area contributed by atoms with Crippen molar-refractivity contribution in [1.29, 1.82) is 0 Å². The molecule has 0 radical (unpaired) electrons. The summed E-state index contributed by atoms with van der Waals surface area (Å²) in [5.41, 5.74) is 4.53. The van der Waals surface area contributed by atoms with E-state index in [0.717, 1.165) is 22.5 Å². The van der Waals surface area contributed by atoms with E-state index in [1.807, 2.05) is 62.4 Å². The van der Waals surface area contributed by atoms with Gasteiger partial charge in [0.15, 0.2) is 6.61 Å². The van der Waals surface area contributed by atoms with Gasteiger partial charge in [-0.3, -0.25) is 4.79 Å². The molecule has 2 aromatic carbocycles. The van der Waals surface area contributed by atoms with Crippen LogP contribution in [0.3, 0.4) is 0 Å². The molecule has 0 saturated carbocycles. The molecular formula is C19H19N3O2. The molecule has 0 bridgehead atoms. The summed E-state index contributed by atoms with van der Waals surface area (Å²) in [6.07, 6.45) is 1.66. The van der Waals surface area contributed by atoms with Crippen LogP contribution < -0.4 is 10.1 Å². The van der Waals surface area contributed by atoms with E-state index in [4.69, 9.17) is 4.74 Å². The molecule has 24 heavy (non-hydrogen) atoms. The molecule has 0 fully saturated rings. The van der Waals surface area contributed by atoms with Crippen LogP contribution in [-0.4, -0.2) is 22.5 Å². The summed E-state index contributed by atoms with van der Waals surface area (Å²) in [6.45, 7) is 3.88. The molecule has 1 aromatic heterocycles. The van der Waals surface area contributed by atoms with Gasteiger partial charge in [0, 0.05) is 16.9 Å². The number of aromatic nitrogens is 2. The Morgan fingerprint density at radius 3 is 2.75 bits per heavy atom. The summed E-state index contributed by atoms with van der Waals surface area (Å²) in [6, 6.07) is 15.2. The summed E-state index contributed by atoms with van der Waals surface area (Å²) < 4.78 is 5.56. The van der Waals surface area contributed by atoms with Gasteiger partial charge in [-0.05, 0) is 37.6 Å². The van der Waals surface area contributed by atoms with E-state index in [1.165, 1.54) is 0 Å². The SMILES string of the molecule is Cc1ccccc1OCC(=O)Nc1cccc(-c2nc[nH]c2C)c1. The number of aryl methyl sites for hydroxylation is 2. The fraction of sp³-hybridized carbons (Fsp3) is 0.158. The number of ether oxygens (including phenoxy) is 1. The minimum atomic E-state index is -0.200. The number of benzene rings is 2. The van der Waals surface area contributed by atoms with Gasteiger partial charge in [0.05, 0.1) is 12.0 Å². The maximum absolute atomic E-state index is 12.1. The minimum Gasteiger partial charge on any atom is -0.483 e. The van der Waals surface area contributed by atoms with E-state index in [-0.39, 0.29) is 12.5 Å². The maximum Gasteiger partial charge on any atom is 0.262 e. The van der Waals surface area contributed by atoms with Gasteiger partial charge in [0.1, 0.15) is 5.75 Å². The quantitative estimate of drug-likeness (QED) is 0.753. The number of hydrogen-bond donors (Lipinski definition) is 2. The number of nitrogens with zero attached hydrogens (tertiary/aromatic N) is 1. The third-order valence-corrected chi connectivity index (χ3v) is 3.70. The van der Waals surface area contributed by atoms with E-state index < -0.39 is 0 Å². The van der Waals surface area contributed by atoms with E-state index in [0.29, 0.717) is 11.4 Å². The average molecular weight is 321 g/mol. The molecule has 0 aliphatic carbocycles. The number of para-hydroxylation sites is 1. The monoisotopic (exact) mass is 321 g/mol. The number of amides is 1. The Hall–Kier alpha value is -3.08. The summed E-state index contributed by atoms with van der Waals surface area (Å²) in [7, 11) is 0. The highest BCUT2D eigenvalue weighted by Crippen LogP contribution is 2.23. The number of carbonyl (C=O) groups excluding carboxylic acids is 1. The zero-order valence-corrected chi connectivity index (χ0v) is 13.7. The van der Waals surface area contributed by atoms with Crippen molar-refractivity contribution in [3.63, 3.8) is 0 Å². The van der Waals surface area contributed by atoms with Crippen molar-refractivity contribution in [3.8, 4) is 17.0 Å². The number of rotatable bonds is 5. The molecule has 0 aliphatic rings. The molecule has 3 rings (SSSR count). The fourth-order valence-corrected chi connectivity index (χ4v) is 2.45. The van der Waals surface area contributed by atoms with Gasteiger partial charge < -0.3 is 15.0 Å². The van der Waals surface area contributed by atoms with Gasteiger partial charge in [0.2, 0.25) is 0 Å². The highest BCUT2D eigenvalue weighted by Gasteiger charge is 2.08. The Labute approximate surface area is 140 Å². The van der Waals surface area contributed by atoms with Crippen molar-refractivity contribution >= 4 is 11.6 Å². The van der Waals surface area contributed by atoms with E-state index in [2.05, 4.69) is 15.3 Å². The molecule has 1 amide bonds. The van der Waals surface area contributed by atoms with Gasteiger partial charge in [-0.25, -0.2) is 4.98 Å². The zero-order chi connectivity index (χ0) is 16.9. The molecule has 0 spiro atoms. The first-order valence-electron chi connectivity index (χ1n) is 7.72. The lowest BCUT2D eigenvalue weighted by Gasteiger charge is -2.10. The van der Waals surface area contributed by atoms with Crippen molar-refractivity contribution < 1.29 is 9.53 Å². The van der Waals surface area contributed by atoms with Crippen LogP contribution in [0.2, 0.25) is 0 Å². The van der Waals surface area contributed by atoms with Crippen LogP contribution in [0.25, 0.3) is 11.3 Å². The third kappa shape index (κ3) is 3.63. The Bertz CT molecular complexity index is 855. The lowest BCUT2D eigenvalue weighted by Crippen LogP contribution is -2.20. The molecule has 3 aromatic rings. The fourth-order valence-electron chi connectivity index (χ4n) is 2.45. The van der Waals surface area contributed by atoms with E-state index in [9.17, 15) is 4.79 Å². The Balaban J connectivity index is 1.65. The predicted molar refractivity (Wildman–Crippen MR) is 94.1 cm³/mol. The van der Waals surface area contributed by atoms with Crippen molar-refractivity contribution in [2.24, 2.45) is 0 Å². The number of aromatic amines is 1. The molecule has 0 saturated heterocycles. The summed E-state index contributed by atoms with van der Waals surface area (Å²) in [5.74, 6) is 0.516. The second kappa shape index (κ2) is 7.00. The van der Waals surface area contributed by atoms with Crippen LogP contribution in [0.4, 0.5) is 5.69 Å². The van der Waals surface area contributed by atoms with Crippen LogP contribution in [0.15, 0.2) is 54.9 Å². The normalized spacial score (nSPS) is 10.4. The molecule has 0 aliphatic heterocycles. The van der Waals surface area contributed by atoms with E-state index in [1.54, 1.807) is 6.33 Å². The highest BCUT2D eigenvalue weighted by molar-refractivity contribution is 5.92. The summed E-state index contributed by atoms with van der Waals surface area (Å²) in [5, 5.41) is 2.85. The predicted octanol–water partition coefficient (Wildman–Crippen LogP) is 3.71. The van der Waals surface area contributed by atoms with Crippen molar-refractivity contribution in [2.75, 3.05) is 11.9 Å². The molecule has 5 nitrogen and oxygen atoms in total. The van der Waals surface area contributed by atoms with Crippen molar-refractivity contribution in [2.45, 2.75) is 13.8 Å². The van der Waals surface area contributed by atoms with Gasteiger partial charge in [-0.1, -0.05) is 30.3 Å². The maximum atomic E-state index is 12.1. The largest absolute Gasteiger partial charge is 0.483 e. The number of carbonyl (C=O) groups is 1. The first kappa shape index (κ1) is 15.8. The number of nitrogens with one attached hydrogen (secondary N) is 2. The van der Waals surface area contributed by atoms with Crippen molar-refractivity contribution in [1.82, 2.24) is 9.97 Å². The van der Waals surface area contributed by atoms with E-state index >= 15 is 0 Å². The lowest BCUT2D eigenvalue weighted by molar-refractivity contribution is -0.118. The molecule has 0 atom stereocenters. The zero-order valence-electron chi connectivity index (χ0n) is 13.7. The number of imidazole rings is 1. The summed E-state index contributed by atoms with van der Waals surface area (Å²) >= 11 is 0. The number of H-pyrrole nitrogens is 1. The second-order valence-electron chi connectivity index (χ2n) is 5.56. The first-order chi connectivity index (χ1) is 11.6. The average Bonchev–Trinajstić information content (AvgIpc) is 3.00. The van der Waals surface area contributed by atoms with Crippen LogP contribution >= 0.6 is 0 Å². The third-order valence-electron chi connectivity index (χ3n) is 3.70. The second-order valence-corrected chi connectivity index (χ2v) is 5.56. The molecule has 0 unspecified atom stereocenters. The minimum absolute atomic E-state index is 0.0312. The number of anilines is 1. The molecule has 2 N–H and O–H groups in total. The number of hydrogen-bond acceptors (Lipinski definition) is 3. The first-order valence-corrected chi connectivity index (χ1v) is 7.72. The molecule has 122 valence electrons. The topological polar surface area (TPSA) is 67.0 Å². The molecule has 5 heteroatoms. The lowest BCUT2D eigenvalue weighted by atomic mass is 10.1. The van der Waals surface area contributed by atoms with Crippen LogP contribution in [-0.2, 0) is 4.79 Å². The van der Waals surface area contributed by atoms with Gasteiger partial charge in [-0.2, -0.15) is 0 Å². The van der Waals surface area contributed by atoms with Gasteiger partial charge >= 0.3 is 0 Å². The van der Waals surface area contributed by atoms with Gasteiger partial charge in [-0.15, -0.1) is 0 Å². The van der Waals surface area contributed by atoms with Gasteiger partial charge in [0.25, 0.3) is 5.91 Å². The molecule has 1 heterocycles. The summed E-state index contributed by atoms with van der Waals surface area (Å²) in [4.78, 5) is 19.5. The van der Waals surface area contributed by atoms with Crippen molar-refractivity contribution in [3.05, 3.63) is 66.1 Å². The van der Waals surface area contributed by atoms with Crippen LogP contribution in [0.5, 0.6) is 5.75 Å². The highest BCUT2D eigenvalue weighted by atomic mass is 16.5. The smallest absolute Gasteiger partial charge is 0.262 e. The standard InChI is InChI=1S/C19H19N3O2/c1-13-6-3-4-9-17(13)24-11-18(23)22-16-8-5-7-15(10-16)19-14(2)20-12-21-19/h3-10,12H,11H2,1-2H3,(H,20,21)(H,22,23). The molecular weight excluding hydrogens is 302 g/mol. The van der Waals surface area contributed by atoms with Crippen LogP contribution in [0.1, 0.15) is 11.3 Å². The van der Waals surface area contributed by atoms with Crippen LogP contribution in [0, 0.1) is 13.8 Å². The Kier molecular flexibility index (Phi) is 4.61. The Morgan fingerprint density at radius 2 is 2.00 bits per heavy atom. The Morgan fingerprint density at radius 1 is 1.17 bits per heavy atom.